The highest BCUT2D eigenvalue weighted by Gasteiger charge is 2.58. The van der Waals surface area contributed by atoms with E-state index in [0.717, 1.165) is 53.3 Å². The molecule has 5 heterocycles. The standard InChI is InChI=1S/C72H70BN3OS/c1-67(2)34-35-68(3,4)50-38-43(28-30-48(50)67)74-57-42-52-51(69(5,6)36-37-70(52,7)8)41-54(57)73-53-31-29-46-45-20-11-15-25-60(45)77-66(46)65(53)75(56-24-19-27-62-63(56)47-21-12-16-26-61(47)78-62)59-40-44(39-58(74)64(59)73)76-55-23-14-13-22-49(55)71(9)32-17-18-33-72(71,76)10/h11-16,19-31,38-42H,17-18,32-37H2,1-10H3. The van der Waals surface area contributed by atoms with Gasteiger partial charge in [-0.15, -0.1) is 11.3 Å². The van der Waals surface area contributed by atoms with Crippen molar-refractivity contribution >= 4 is 122 Å². The molecule has 3 aliphatic heterocycles. The lowest BCUT2D eigenvalue weighted by atomic mass is 9.33. The first-order chi connectivity index (χ1) is 37.4. The summed E-state index contributed by atoms with van der Waals surface area (Å²) in [5, 5.41) is 4.89. The molecular formula is C72H70BN3OS. The average Bonchev–Trinajstić information content (AvgIpc) is 3.90. The van der Waals surface area contributed by atoms with Crippen LogP contribution in [0.25, 0.3) is 42.1 Å². The highest BCUT2D eigenvalue weighted by atomic mass is 32.1. The molecule has 1 fully saturated rings. The van der Waals surface area contributed by atoms with Crippen molar-refractivity contribution in [3.63, 3.8) is 0 Å². The molecule has 6 aliphatic rings. The van der Waals surface area contributed by atoms with Crippen LogP contribution in [-0.4, -0.2) is 12.3 Å². The van der Waals surface area contributed by atoms with Crippen molar-refractivity contribution in [2.75, 3.05) is 14.7 Å². The Morgan fingerprint density at radius 1 is 0.436 bits per heavy atom. The van der Waals surface area contributed by atoms with Gasteiger partial charge in [-0.1, -0.05) is 160 Å². The number of hydrogen-bond acceptors (Lipinski definition) is 5. The van der Waals surface area contributed by atoms with Crippen LogP contribution in [0, 0.1) is 0 Å². The average molecular weight is 1040 g/mol. The maximum Gasteiger partial charge on any atom is 0.252 e. The van der Waals surface area contributed by atoms with E-state index in [2.05, 4.69) is 230 Å². The van der Waals surface area contributed by atoms with E-state index in [1.165, 1.54) is 130 Å². The third-order valence-corrected chi connectivity index (χ3v) is 22.7. The van der Waals surface area contributed by atoms with E-state index in [1.807, 2.05) is 11.3 Å². The first kappa shape index (κ1) is 47.3. The fourth-order valence-electron chi connectivity index (χ4n) is 16.7. The number of rotatable bonds is 3. The van der Waals surface area contributed by atoms with Gasteiger partial charge in [0.15, 0.2) is 5.58 Å². The van der Waals surface area contributed by atoms with Crippen molar-refractivity contribution in [1.29, 1.82) is 0 Å². The van der Waals surface area contributed by atoms with Crippen molar-refractivity contribution in [3.05, 3.63) is 173 Å². The van der Waals surface area contributed by atoms with Gasteiger partial charge in [-0.05, 0) is 172 Å². The second-order valence-electron chi connectivity index (χ2n) is 27.6. The van der Waals surface area contributed by atoms with Gasteiger partial charge in [0, 0.05) is 70.5 Å². The molecule has 2 unspecified atom stereocenters. The van der Waals surface area contributed by atoms with E-state index in [9.17, 15) is 0 Å². The third-order valence-electron chi connectivity index (χ3n) is 21.5. The minimum Gasteiger partial charge on any atom is -0.454 e. The summed E-state index contributed by atoms with van der Waals surface area (Å²) in [7, 11) is 0. The molecule has 0 saturated heterocycles. The quantitative estimate of drug-likeness (QED) is 0.165. The number of hydrogen-bond donors (Lipinski definition) is 0. The molecule has 4 nitrogen and oxygen atoms in total. The van der Waals surface area contributed by atoms with E-state index in [1.54, 1.807) is 0 Å². The summed E-state index contributed by atoms with van der Waals surface area (Å²) in [6.07, 6.45) is 9.40. The normalized spacial score (nSPS) is 22.7. The van der Waals surface area contributed by atoms with E-state index in [0.29, 0.717) is 0 Å². The van der Waals surface area contributed by atoms with E-state index in [4.69, 9.17) is 4.42 Å². The minimum absolute atomic E-state index is 0.00367. The molecule has 0 amide bonds. The molecule has 2 atom stereocenters. The largest absolute Gasteiger partial charge is 0.454 e. The van der Waals surface area contributed by atoms with Crippen LogP contribution < -0.4 is 31.1 Å². The highest BCUT2D eigenvalue weighted by molar-refractivity contribution is 7.26. The van der Waals surface area contributed by atoms with Gasteiger partial charge in [0.05, 0.1) is 16.9 Å². The Kier molecular flexibility index (Phi) is 9.41. The second-order valence-corrected chi connectivity index (χ2v) is 28.7. The fourth-order valence-corrected chi connectivity index (χ4v) is 17.8. The van der Waals surface area contributed by atoms with Gasteiger partial charge in [-0.2, -0.15) is 0 Å². The Labute approximate surface area is 465 Å². The van der Waals surface area contributed by atoms with Crippen molar-refractivity contribution in [2.24, 2.45) is 0 Å². The summed E-state index contributed by atoms with van der Waals surface area (Å²) >= 11 is 1.90. The number of furan rings is 1. The Bertz CT molecular complexity index is 4270. The zero-order chi connectivity index (χ0) is 53.2. The molecule has 0 N–H and O–H groups in total. The van der Waals surface area contributed by atoms with Crippen LogP contribution in [0.3, 0.4) is 0 Å². The lowest BCUT2D eigenvalue weighted by molar-refractivity contribution is 0.195. The molecule has 8 aromatic carbocycles. The van der Waals surface area contributed by atoms with Crippen LogP contribution >= 0.6 is 11.3 Å². The second kappa shape index (κ2) is 15.5. The summed E-state index contributed by atoms with van der Waals surface area (Å²) in [4.78, 5) is 8.28. The van der Waals surface area contributed by atoms with Crippen molar-refractivity contribution in [1.82, 2.24) is 0 Å². The summed E-state index contributed by atoms with van der Waals surface area (Å²) in [5.74, 6) is 0. The SMILES string of the molecule is CC1(C)CCC(C)(C)c2cc(N3c4cc5c(cc4B4c6ccc7c(oc8ccccc87)c6N(c6cccc7sc8ccccc8c67)c6cc(N7c8ccccc8C8(C)CCCCC78C)cc3c64)C(C)(C)CCC5(C)C)ccc21. The molecule has 10 aromatic rings. The molecule has 0 bridgehead atoms. The van der Waals surface area contributed by atoms with Crippen LogP contribution in [0.1, 0.15) is 148 Å². The Balaban J connectivity index is 1.10. The van der Waals surface area contributed by atoms with E-state index >= 15 is 0 Å². The number of para-hydroxylation sites is 2. The molecule has 388 valence electrons. The molecule has 0 spiro atoms. The number of thiophene rings is 1. The predicted octanol–water partition coefficient (Wildman–Crippen LogP) is 18.5. The van der Waals surface area contributed by atoms with Gasteiger partial charge in [0.2, 0.25) is 0 Å². The van der Waals surface area contributed by atoms with Crippen LogP contribution in [0.15, 0.2) is 150 Å². The minimum atomic E-state index is -0.157. The number of anilines is 8. The molecule has 0 radical (unpaired) electrons. The van der Waals surface area contributed by atoms with Crippen LogP contribution in [-0.2, 0) is 27.1 Å². The molecule has 78 heavy (non-hydrogen) atoms. The maximum atomic E-state index is 7.37. The van der Waals surface area contributed by atoms with Crippen LogP contribution in [0.4, 0.5) is 45.5 Å². The highest BCUT2D eigenvalue weighted by Crippen LogP contribution is 2.63. The number of benzene rings is 8. The van der Waals surface area contributed by atoms with Crippen LogP contribution in [0.5, 0.6) is 0 Å². The zero-order valence-electron chi connectivity index (χ0n) is 47.2. The van der Waals surface area contributed by atoms with Gasteiger partial charge in [-0.25, -0.2) is 0 Å². The monoisotopic (exact) mass is 1040 g/mol. The van der Waals surface area contributed by atoms with Gasteiger partial charge in [0.1, 0.15) is 5.58 Å². The Morgan fingerprint density at radius 3 is 1.85 bits per heavy atom. The van der Waals surface area contributed by atoms with Gasteiger partial charge in [-0.3, -0.25) is 0 Å². The molecule has 3 aliphatic carbocycles. The van der Waals surface area contributed by atoms with E-state index < -0.39 is 0 Å². The van der Waals surface area contributed by atoms with Gasteiger partial charge in [0.25, 0.3) is 6.71 Å². The summed E-state index contributed by atoms with van der Waals surface area (Å²) in [6.45, 7) is 25.0. The lowest BCUT2D eigenvalue weighted by Gasteiger charge is -2.51. The smallest absolute Gasteiger partial charge is 0.252 e. The summed E-state index contributed by atoms with van der Waals surface area (Å²) in [5.41, 5.74) is 23.3. The third kappa shape index (κ3) is 6.08. The Hall–Kier alpha value is -6.76. The summed E-state index contributed by atoms with van der Waals surface area (Å²) < 4.78 is 9.97. The molecular weight excluding hydrogens is 966 g/mol. The zero-order valence-corrected chi connectivity index (χ0v) is 48.1. The van der Waals surface area contributed by atoms with Crippen molar-refractivity contribution in [3.8, 4) is 0 Å². The lowest BCUT2D eigenvalue weighted by Crippen LogP contribution is -2.62. The van der Waals surface area contributed by atoms with E-state index in [-0.39, 0.29) is 39.3 Å². The first-order valence-corrected chi connectivity index (χ1v) is 30.1. The maximum absolute atomic E-state index is 7.37. The fraction of sp³-hybridized carbons (Fsp3) is 0.333. The first-order valence-electron chi connectivity index (χ1n) is 29.3. The van der Waals surface area contributed by atoms with Gasteiger partial charge >= 0.3 is 0 Å². The molecule has 6 heteroatoms. The van der Waals surface area contributed by atoms with Gasteiger partial charge < -0.3 is 19.1 Å². The van der Waals surface area contributed by atoms with Crippen molar-refractivity contribution in [2.45, 2.75) is 153 Å². The molecule has 2 aromatic heterocycles. The number of nitrogens with zero attached hydrogens (tertiary/aromatic N) is 3. The van der Waals surface area contributed by atoms with Crippen LogP contribution in [0.2, 0.25) is 0 Å². The molecule has 16 rings (SSSR count). The van der Waals surface area contributed by atoms with Crippen molar-refractivity contribution < 1.29 is 4.42 Å². The number of fused-ring (bicyclic) bond motifs is 16. The predicted molar refractivity (Wildman–Crippen MR) is 334 cm³/mol. The Morgan fingerprint density at radius 2 is 1.06 bits per heavy atom. The molecule has 1 saturated carbocycles. The topological polar surface area (TPSA) is 22.9 Å². The summed E-state index contributed by atoms with van der Waals surface area (Å²) in [6, 6.07) is 57.4.